The summed E-state index contributed by atoms with van der Waals surface area (Å²) in [5.74, 6) is -0.223. The molecule has 0 aliphatic heterocycles. The fourth-order valence-electron chi connectivity index (χ4n) is 1.39. The minimum atomic E-state index is -0.223. The summed E-state index contributed by atoms with van der Waals surface area (Å²) in [4.78, 5) is 0.817. The predicted molar refractivity (Wildman–Crippen MR) is 62.1 cm³/mol. The van der Waals surface area contributed by atoms with E-state index in [9.17, 15) is 4.39 Å². The van der Waals surface area contributed by atoms with Crippen molar-refractivity contribution >= 4 is 11.8 Å². The molecule has 0 spiro atoms. The molecule has 0 bridgehead atoms. The average molecular weight is 253 g/mol. The number of benzene rings is 1. The molecule has 0 saturated heterocycles. The highest BCUT2D eigenvalue weighted by atomic mass is 32.2. The monoisotopic (exact) mass is 253 g/mol. The third-order valence-electron chi connectivity index (χ3n) is 2.21. The molecule has 7 heteroatoms. The van der Waals surface area contributed by atoms with E-state index in [1.807, 2.05) is 6.07 Å². The summed E-state index contributed by atoms with van der Waals surface area (Å²) >= 11 is 1.35. The van der Waals surface area contributed by atoms with Crippen molar-refractivity contribution in [1.82, 2.24) is 25.5 Å². The van der Waals surface area contributed by atoms with Gasteiger partial charge in [-0.15, -0.1) is 5.10 Å². The van der Waals surface area contributed by atoms with E-state index >= 15 is 0 Å². The van der Waals surface area contributed by atoms with Gasteiger partial charge >= 0.3 is 0 Å². The van der Waals surface area contributed by atoms with Crippen molar-refractivity contribution in [2.45, 2.75) is 16.6 Å². The molecule has 90 valence electrons. The SMILES string of the molecule is CNCc1c(F)cccc1Sc1nnnn1C. The van der Waals surface area contributed by atoms with Crippen LogP contribution in [0.1, 0.15) is 5.56 Å². The molecule has 0 aliphatic carbocycles. The van der Waals surface area contributed by atoms with E-state index < -0.39 is 0 Å². The van der Waals surface area contributed by atoms with Gasteiger partial charge in [0, 0.05) is 24.1 Å². The number of hydrogen-bond donors (Lipinski definition) is 1. The number of aryl methyl sites for hydroxylation is 1. The van der Waals surface area contributed by atoms with Gasteiger partial charge in [-0.3, -0.25) is 0 Å². The van der Waals surface area contributed by atoms with Gasteiger partial charge in [-0.1, -0.05) is 6.07 Å². The Balaban J connectivity index is 2.32. The Labute approximate surface area is 102 Å². The van der Waals surface area contributed by atoms with Crippen LogP contribution in [0.2, 0.25) is 0 Å². The zero-order valence-electron chi connectivity index (χ0n) is 9.51. The van der Waals surface area contributed by atoms with Gasteiger partial charge in [0.15, 0.2) is 0 Å². The number of halogens is 1. The van der Waals surface area contributed by atoms with Crippen LogP contribution in [-0.4, -0.2) is 27.3 Å². The number of rotatable bonds is 4. The van der Waals surface area contributed by atoms with Crippen LogP contribution in [-0.2, 0) is 13.6 Å². The molecule has 0 atom stereocenters. The topological polar surface area (TPSA) is 55.6 Å². The zero-order chi connectivity index (χ0) is 12.3. The second-order valence-electron chi connectivity index (χ2n) is 3.43. The third-order valence-corrected chi connectivity index (χ3v) is 3.34. The molecule has 1 N–H and O–H groups in total. The van der Waals surface area contributed by atoms with Gasteiger partial charge in [-0.25, -0.2) is 9.07 Å². The van der Waals surface area contributed by atoms with Crippen molar-refractivity contribution < 1.29 is 4.39 Å². The predicted octanol–water partition coefficient (Wildman–Crippen LogP) is 1.22. The van der Waals surface area contributed by atoms with Gasteiger partial charge in [-0.05, 0) is 41.4 Å². The summed E-state index contributed by atoms with van der Waals surface area (Å²) in [6.45, 7) is 0.473. The number of tetrazole rings is 1. The van der Waals surface area contributed by atoms with E-state index in [0.29, 0.717) is 17.3 Å². The first-order valence-electron chi connectivity index (χ1n) is 5.04. The molecule has 0 unspecified atom stereocenters. The smallest absolute Gasteiger partial charge is 0.213 e. The Morgan fingerprint density at radius 2 is 2.29 bits per heavy atom. The first-order valence-corrected chi connectivity index (χ1v) is 5.86. The molecule has 2 rings (SSSR count). The van der Waals surface area contributed by atoms with Gasteiger partial charge in [0.25, 0.3) is 0 Å². The summed E-state index contributed by atoms with van der Waals surface area (Å²) in [6.07, 6.45) is 0. The summed E-state index contributed by atoms with van der Waals surface area (Å²) in [5.41, 5.74) is 0.628. The zero-order valence-corrected chi connectivity index (χ0v) is 10.3. The second-order valence-corrected chi connectivity index (χ2v) is 4.44. The van der Waals surface area contributed by atoms with Crippen LogP contribution in [0.5, 0.6) is 0 Å². The molecule has 0 saturated carbocycles. The number of nitrogens with one attached hydrogen (secondary N) is 1. The van der Waals surface area contributed by atoms with Crippen LogP contribution in [0, 0.1) is 5.82 Å². The Hall–Kier alpha value is -1.47. The highest BCUT2D eigenvalue weighted by molar-refractivity contribution is 7.99. The minimum Gasteiger partial charge on any atom is -0.316 e. The van der Waals surface area contributed by atoms with E-state index in [1.165, 1.54) is 17.8 Å². The first kappa shape index (κ1) is 12.0. The van der Waals surface area contributed by atoms with Gasteiger partial charge in [-0.2, -0.15) is 0 Å². The summed E-state index contributed by atoms with van der Waals surface area (Å²) in [6, 6.07) is 4.99. The molecule has 17 heavy (non-hydrogen) atoms. The third kappa shape index (κ3) is 2.62. The molecule has 1 heterocycles. The lowest BCUT2D eigenvalue weighted by molar-refractivity contribution is 0.593. The molecule has 2 aromatic rings. The maximum Gasteiger partial charge on any atom is 0.213 e. The normalized spacial score (nSPS) is 10.8. The van der Waals surface area contributed by atoms with Crippen molar-refractivity contribution in [3.8, 4) is 0 Å². The van der Waals surface area contributed by atoms with Gasteiger partial charge in [0.05, 0.1) is 0 Å². The average Bonchev–Trinajstić information content (AvgIpc) is 2.70. The van der Waals surface area contributed by atoms with E-state index in [2.05, 4.69) is 20.8 Å². The van der Waals surface area contributed by atoms with Gasteiger partial charge < -0.3 is 5.32 Å². The van der Waals surface area contributed by atoms with Crippen molar-refractivity contribution in [3.05, 3.63) is 29.6 Å². The molecule has 0 amide bonds. The van der Waals surface area contributed by atoms with Crippen molar-refractivity contribution in [2.75, 3.05) is 7.05 Å². The standard InChI is InChI=1S/C10H12FN5S/c1-12-6-7-8(11)4-3-5-9(7)17-10-13-14-15-16(10)2/h3-5,12H,6H2,1-2H3. The summed E-state index contributed by atoms with van der Waals surface area (Å²) in [7, 11) is 3.53. The van der Waals surface area contributed by atoms with Crippen LogP contribution in [0.15, 0.2) is 28.3 Å². The summed E-state index contributed by atoms with van der Waals surface area (Å²) < 4.78 is 15.2. The van der Waals surface area contributed by atoms with Crippen molar-refractivity contribution in [3.63, 3.8) is 0 Å². The van der Waals surface area contributed by atoms with Crippen LogP contribution >= 0.6 is 11.8 Å². The Bertz CT molecular complexity index is 513. The molecule has 1 aromatic heterocycles. The number of aromatic nitrogens is 4. The number of hydrogen-bond acceptors (Lipinski definition) is 5. The lowest BCUT2D eigenvalue weighted by Crippen LogP contribution is -2.08. The Morgan fingerprint density at radius 1 is 1.47 bits per heavy atom. The van der Waals surface area contributed by atoms with E-state index in [-0.39, 0.29) is 5.82 Å². The Kier molecular flexibility index (Phi) is 3.70. The van der Waals surface area contributed by atoms with Gasteiger partial charge in [0.2, 0.25) is 5.16 Å². The van der Waals surface area contributed by atoms with Crippen molar-refractivity contribution in [1.29, 1.82) is 0 Å². The largest absolute Gasteiger partial charge is 0.316 e. The molecule has 1 aromatic carbocycles. The fourth-order valence-corrected chi connectivity index (χ4v) is 2.27. The highest BCUT2D eigenvalue weighted by Gasteiger charge is 2.11. The Morgan fingerprint density at radius 3 is 2.94 bits per heavy atom. The van der Waals surface area contributed by atoms with E-state index in [1.54, 1.807) is 24.8 Å². The highest BCUT2D eigenvalue weighted by Crippen LogP contribution is 2.29. The lowest BCUT2D eigenvalue weighted by atomic mass is 10.2. The van der Waals surface area contributed by atoms with Crippen LogP contribution in [0.25, 0.3) is 0 Å². The van der Waals surface area contributed by atoms with E-state index in [4.69, 9.17) is 0 Å². The molecule has 0 aliphatic rings. The molecule has 0 fully saturated rings. The van der Waals surface area contributed by atoms with Gasteiger partial charge in [0.1, 0.15) is 5.82 Å². The molecular weight excluding hydrogens is 241 g/mol. The van der Waals surface area contributed by atoms with Crippen LogP contribution in [0.4, 0.5) is 4.39 Å². The van der Waals surface area contributed by atoms with Crippen LogP contribution in [0.3, 0.4) is 0 Å². The summed E-state index contributed by atoms with van der Waals surface area (Å²) in [5, 5.41) is 14.7. The second kappa shape index (κ2) is 5.24. The lowest BCUT2D eigenvalue weighted by Gasteiger charge is -2.08. The first-order chi connectivity index (χ1) is 8.22. The van der Waals surface area contributed by atoms with E-state index in [0.717, 1.165) is 4.90 Å². The van der Waals surface area contributed by atoms with Crippen LogP contribution < -0.4 is 5.32 Å². The molecular formula is C10H12FN5S. The quantitative estimate of drug-likeness (QED) is 0.888. The maximum atomic E-state index is 13.7. The molecule has 0 radical (unpaired) electrons. The van der Waals surface area contributed by atoms with Crippen molar-refractivity contribution in [2.24, 2.45) is 7.05 Å². The minimum absolute atomic E-state index is 0.223. The fraction of sp³-hybridized carbons (Fsp3) is 0.300. The maximum absolute atomic E-state index is 13.7. The number of nitrogens with zero attached hydrogens (tertiary/aromatic N) is 4. The molecule has 5 nitrogen and oxygen atoms in total.